The Morgan fingerprint density at radius 3 is 2.69 bits per heavy atom. The van der Waals surface area contributed by atoms with E-state index in [1.165, 1.54) is 12.8 Å². The third-order valence-corrected chi connectivity index (χ3v) is 2.58. The lowest BCUT2D eigenvalue weighted by atomic mass is 10.2. The predicted molar refractivity (Wildman–Crippen MR) is 53.1 cm³/mol. The van der Waals surface area contributed by atoms with Gasteiger partial charge in [0.2, 0.25) is 0 Å². The van der Waals surface area contributed by atoms with Gasteiger partial charge in [-0.3, -0.25) is 4.79 Å². The first-order chi connectivity index (χ1) is 6.20. The van der Waals surface area contributed by atoms with Crippen molar-refractivity contribution in [2.75, 3.05) is 0 Å². The molecule has 0 aliphatic heterocycles. The summed E-state index contributed by atoms with van der Waals surface area (Å²) >= 11 is 0. The van der Waals surface area contributed by atoms with Gasteiger partial charge in [0.15, 0.2) is 0 Å². The smallest absolute Gasteiger partial charge is 0.254 e. The van der Waals surface area contributed by atoms with Crippen LogP contribution in [0, 0.1) is 0 Å². The summed E-state index contributed by atoms with van der Waals surface area (Å²) < 4.78 is 1.81. The predicted octanol–water partition coefficient (Wildman–Crippen LogP) is 2.31. The Hall–Kier alpha value is -1.05. The average Bonchev–Trinajstić information content (AvgIpc) is 2.87. The first kappa shape index (κ1) is 8.54. The Kier molecular flexibility index (Phi) is 1.98. The van der Waals surface area contributed by atoms with Crippen LogP contribution < -0.4 is 5.56 Å². The molecule has 0 bridgehead atoms. The molecular weight excluding hydrogens is 162 g/mol. The van der Waals surface area contributed by atoms with E-state index in [4.69, 9.17) is 0 Å². The lowest BCUT2D eigenvalue weighted by Crippen LogP contribution is -2.23. The monoisotopic (exact) mass is 177 g/mol. The molecule has 1 heterocycles. The minimum atomic E-state index is 0.208. The summed E-state index contributed by atoms with van der Waals surface area (Å²) in [4.78, 5) is 11.9. The molecule has 13 heavy (non-hydrogen) atoms. The van der Waals surface area contributed by atoms with E-state index in [1.807, 2.05) is 36.7 Å². The molecule has 0 atom stereocenters. The third kappa shape index (κ3) is 1.53. The van der Waals surface area contributed by atoms with Gasteiger partial charge >= 0.3 is 0 Å². The minimum Gasteiger partial charge on any atom is -0.313 e. The van der Waals surface area contributed by atoms with Crippen LogP contribution in [0.2, 0.25) is 0 Å². The van der Waals surface area contributed by atoms with Crippen LogP contribution in [0.3, 0.4) is 0 Å². The highest BCUT2D eigenvalue weighted by Gasteiger charge is 2.26. The maximum Gasteiger partial charge on any atom is 0.254 e. The molecule has 2 heteroatoms. The molecule has 0 unspecified atom stereocenters. The maximum atomic E-state index is 11.9. The van der Waals surface area contributed by atoms with E-state index >= 15 is 0 Å². The number of hydrogen-bond donors (Lipinski definition) is 0. The van der Waals surface area contributed by atoms with Gasteiger partial charge in [-0.2, -0.15) is 0 Å². The van der Waals surface area contributed by atoms with Crippen molar-refractivity contribution in [3.8, 4) is 0 Å². The van der Waals surface area contributed by atoms with Crippen molar-refractivity contribution in [3.05, 3.63) is 34.2 Å². The van der Waals surface area contributed by atoms with Gasteiger partial charge in [0, 0.05) is 17.8 Å². The molecule has 0 amide bonds. The van der Waals surface area contributed by atoms with Crippen molar-refractivity contribution in [3.63, 3.8) is 0 Å². The molecule has 70 valence electrons. The van der Waals surface area contributed by atoms with Crippen LogP contribution >= 0.6 is 0 Å². The second-order valence-corrected chi connectivity index (χ2v) is 4.04. The first-order valence-electron chi connectivity index (χ1n) is 4.91. The molecular formula is C11H15NO. The van der Waals surface area contributed by atoms with Crippen molar-refractivity contribution in [2.24, 2.45) is 0 Å². The standard InChI is InChI=1S/C11H15NO/c1-8(2)12-7-3-4-10(11(12)13)9-5-6-9/h3-4,7-9H,5-6H2,1-2H3. The van der Waals surface area contributed by atoms with Gasteiger partial charge in [-0.25, -0.2) is 0 Å². The van der Waals surface area contributed by atoms with Gasteiger partial charge in [0.25, 0.3) is 5.56 Å². The zero-order chi connectivity index (χ0) is 9.42. The number of rotatable bonds is 2. The van der Waals surface area contributed by atoms with Gasteiger partial charge < -0.3 is 4.57 Å². The highest BCUT2D eigenvalue weighted by molar-refractivity contribution is 5.20. The van der Waals surface area contributed by atoms with Crippen LogP contribution in [0.25, 0.3) is 0 Å². The lowest BCUT2D eigenvalue weighted by Gasteiger charge is -2.10. The second kappa shape index (κ2) is 3.02. The first-order valence-corrected chi connectivity index (χ1v) is 4.91. The molecule has 0 saturated heterocycles. The fourth-order valence-corrected chi connectivity index (χ4v) is 1.64. The summed E-state index contributed by atoms with van der Waals surface area (Å²) in [6, 6.07) is 4.22. The summed E-state index contributed by atoms with van der Waals surface area (Å²) in [7, 11) is 0. The SMILES string of the molecule is CC(C)n1cccc(C2CC2)c1=O. The molecule has 0 N–H and O–H groups in total. The maximum absolute atomic E-state index is 11.9. The Bertz CT molecular complexity index is 337. The molecule has 0 spiro atoms. The molecule has 1 fully saturated rings. The van der Waals surface area contributed by atoms with Crippen molar-refractivity contribution in [1.29, 1.82) is 0 Å². The van der Waals surface area contributed by atoms with Crippen molar-refractivity contribution in [1.82, 2.24) is 4.57 Å². The Morgan fingerprint density at radius 1 is 1.46 bits per heavy atom. The summed E-state index contributed by atoms with van der Waals surface area (Å²) in [5.74, 6) is 0.554. The molecule has 2 nitrogen and oxygen atoms in total. The fraction of sp³-hybridized carbons (Fsp3) is 0.545. The Morgan fingerprint density at radius 2 is 2.15 bits per heavy atom. The number of pyridine rings is 1. The van der Waals surface area contributed by atoms with E-state index in [1.54, 1.807) is 0 Å². The molecule has 0 aromatic carbocycles. The Balaban J connectivity index is 2.48. The van der Waals surface area contributed by atoms with E-state index in [2.05, 4.69) is 0 Å². The minimum absolute atomic E-state index is 0.208. The average molecular weight is 177 g/mol. The number of aromatic nitrogens is 1. The fourth-order valence-electron chi connectivity index (χ4n) is 1.64. The lowest BCUT2D eigenvalue weighted by molar-refractivity contribution is 0.573. The van der Waals surface area contributed by atoms with E-state index < -0.39 is 0 Å². The molecule has 0 radical (unpaired) electrons. The van der Waals surface area contributed by atoms with Crippen LogP contribution in [0.5, 0.6) is 0 Å². The highest BCUT2D eigenvalue weighted by Crippen LogP contribution is 2.38. The van der Waals surface area contributed by atoms with Crippen LogP contribution in [0.4, 0.5) is 0 Å². The van der Waals surface area contributed by atoms with Crippen molar-refractivity contribution < 1.29 is 0 Å². The van der Waals surface area contributed by atoms with Crippen LogP contribution in [0.1, 0.15) is 44.2 Å². The number of nitrogens with zero attached hydrogens (tertiary/aromatic N) is 1. The normalized spacial score (nSPS) is 16.5. The molecule has 1 aromatic rings. The van der Waals surface area contributed by atoms with E-state index in [9.17, 15) is 4.79 Å². The zero-order valence-corrected chi connectivity index (χ0v) is 8.16. The quantitative estimate of drug-likeness (QED) is 0.679. The van der Waals surface area contributed by atoms with E-state index in [0.717, 1.165) is 5.56 Å². The van der Waals surface area contributed by atoms with Gasteiger partial charge in [-0.1, -0.05) is 6.07 Å². The van der Waals surface area contributed by atoms with E-state index in [-0.39, 0.29) is 11.6 Å². The molecule has 1 aromatic heterocycles. The second-order valence-electron chi connectivity index (χ2n) is 4.04. The summed E-state index contributed by atoms with van der Waals surface area (Å²) in [5.41, 5.74) is 1.22. The zero-order valence-electron chi connectivity index (χ0n) is 8.16. The van der Waals surface area contributed by atoms with Gasteiger partial charge in [0.1, 0.15) is 0 Å². The van der Waals surface area contributed by atoms with E-state index in [0.29, 0.717) is 5.92 Å². The van der Waals surface area contributed by atoms with Crippen molar-refractivity contribution in [2.45, 2.75) is 38.6 Å². The van der Waals surface area contributed by atoms with Gasteiger partial charge in [-0.15, -0.1) is 0 Å². The molecule has 2 rings (SSSR count). The van der Waals surface area contributed by atoms with Crippen LogP contribution in [0.15, 0.2) is 23.1 Å². The molecule has 1 aliphatic rings. The third-order valence-electron chi connectivity index (χ3n) is 2.58. The molecule has 1 aliphatic carbocycles. The Labute approximate surface area is 78.2 Å². The number of hydrogen-bond acceptors (Lipinski definition) is 1. The molecule has 1 saturated carbocycles. The summed E-state index contributed by atoms with van der Waals surface area (Å²) in [6.45, 7) is 4.08. The summed E-state index contributed by atoms with van der Waals surface area (Å²) in [5, 5.41) is 0. The van der Waals surface area contributed by atoms with Crippen LogP contribution in [-0.2, 0) is 0 Å². The van der Waals surface area contributed by atoms with Crippen molar-refractivity contribution >= 4 is 0 Å². The van der Waals surface area contributed by atoms with Gasteiger partial charge in [0.05, 0.1) is 0 Å². The topological polar surface area (TPSA) is 22.0 Å². The summed E-state index contributed by atoms with van der Waals surface area (Å²) in [6.07, 6.45) is 4.26. The van der Waals surface area contributed by atoms with Crippen LogP contribution in [-0.4, -0.2) is 4.57 Å². The largest absolute Gasteiger partial charge is 0.313 e. The van der Waals surface area contributed by atoms with Gasteiger partial charge in [-0.05, 0) is 38.7 Å². The highest BCUT2D eigenvalue weighted by atomic mass is 16.1.